The average molecular weight is 733 g/mol. The van der Waals surface area contributed by atoms with E-state index in [9.17, 15) is 42.3 Å². The number of aromatic nitrogens is 3. The minimum atomic E-state index is -4.65. The van der Waals surface area contributed by atoms with E-state index >= 15 is 0 Å². The molecular weight excluding hydrogens is 701 g/mol. The van der Waals surface area contributed by atoms with Crippen LogP contribution in [0.3, 0.4) is 0 Å². The van der Waals surface area contributed by atoms with E-state index in [1.807, 2.05) is 12.1 Å². The molecule has 0 radical (unpaired) electrons. The van der Waals surface area contributed by atoms with Crippen molar-refractivity contribution in [1.29, 1.82) is 0 Å². The zero-order valence-electron chi connectivity index (χ0n) is 26.7. The number of carboxylic acid groups (broad SMARTS) is 1. The Balaban J connectivity index is 1.21. The van der Waals surface area contributed by atoms with Crippen LogP contribution in [0.2, 0.25) is 5.02 Å². The Morgan fingerprint density at radius 2 is 1.71 bits per heavy atom. The van der Waals surface area contributed by atoms with Gasteiger partial charge in [-0.15, -0.1) is 0 Å². The Morgan fingerprint density at radius 1 is 1.02 bits per heavy atom. The molecule has 1 saturated carbocycles. The van der Waals surface area contributed by atoms with Crippen LogP contribution in [0.1, 0.15) is 54.4 Å². The third-order valence-corrected chi connectivity index (χ3v) is 8.23. The summed E-state index contributed by atoms with van der Waals surface area (Å²) in [5, 5.41) is 23.5. The number of piperidine rings is 1. The lowest BCUT2D eigenvalue weighted by molar-refractivity contribution is -0.154. The Kier molecular flexibility index (Phi) is 11.2. The molecule has 2 atom stereocenters. The average Bonchev–Trinajstić information content (AvgIpc) is 3.85. The fourth-order valence-corrected chi connectivity index (χ4v) is 5.29. The van der Waals surface area contributed by atoms with E-state index < -0.39 is 66.4 Å². The largest absolute Gasteiger partial charge is 0.480 e. The molecule has 6 N–H and O–H groups in total. The number of carbonyl (C=O) groups is 5. The number of hydrogen-bond donors (Lipinski definition) is 6. The van der Waals surface area contributed by atoms with E-state index in [1.165, 1.54) is 24.3 Å². The number of hydrogen-bond acceptors (Lipinski definition) is 11. The van der Waals surface area contributed by atoms with Gasteiger partial charge in [0.2, 0.25) is 23.6 Å². The fourth-order valence-electron chi connectivity index (χ4n) is 5.17. The van der Waals surface area contributed by atoms with Crippen molar-refractivity contribution in [1.82, 2.24) is 30.9 Å². The van der Waals surface area contributed by atoms with Gasteiger partial charge in [0.05, 0.1) is 5.54 Å². The second-order valence-electron chi connectivity index (χ2n) is 11.9. The number of ketones is 1. The molecule has 1 aromatic heterocycles. The number of ether oxygens (including phenoxy) is 1. The predicted molar refractivity (Wildman–Crippen MR) is 174 cm³/mol. The first-order chi connectivity index (χ1) is 24.2. The second kappa shape index (κ2) is 15.6. The lowest BCUT2D eigenvalue weighted by Gasteiger charge is -2.22. The van der Waals surface area contributed by atoms with Gasteiger partial charge in [-0.1, -0.05) is 23.7 Å². The van der Waals surface area contributed by atoms with Gasteiger partial charge in [0.1, 0.15) is 6.04 Å². The molecule has 1 aliphatic heterocycles. The highest BCUT2D eigenvalue weighted by Gasteiger charge is 2.45. The van der Waals surface area contributed by atoms with E-state index in [0.717, 1.165) is 5.56 Å². The minimum absolute atomic E-state index is 0.0259. The first-order valence-corrected chi connectivity index (χ1v) is 16.1. The van der Waals surface area contributed by atoms with Gasteiger partial charge in [-0.3, -0.25) is 19.2 Å². The standard InChI is InChI=1S/C32H32ClF3N8O7/c33-19-5-3-18(4-6-19)31(12-13-31)44-29-41-28(42-30(43-29)51-16-32(34,35)36)39-20-7-1-17(2-8-20)25(47)40-22(27(49)50)9-10-23(45)26(48)38-21-11-14-37-24(46)15-21/h1-8,21-22H,9-16H2,(H,37,46)(H,38,48)(H,40,47)(H,49,50)(H2,39,41,42,43,44)/t21?,22-/m0/s1. The number of carboxylic acids is 1. The summed E-state index contributed by atoms with van der Waals surface area (Å²) in [6.07, 6.45) is -3.62. The number of amides is 3. The number of carbonyl (C=O) groups excluding carboxylic acids is 4. The summed E-state index contributed by atoms with van der Waals surface area (Å²) in [6.45, 7) is -1.28. The number of nitrogens with zero attached hydrogens (tertiary/aromatic N) is 3. The Hall–Kier alpha value is -5.52. The van der Waals surface area contributed by atoms with Crippen molar-refractivity contribution in [3.05, 3.63) is 64.7 Å². The fraction of sp³-hybridized carbons (Fsp3) is 0.375. The van der Waals surface area contributed by atoms with Crippen molar-refractivity contribution in [3.8, 4) is 6.01 Å². The summed E-state index contributed by atoms with van der Waals surface area (Å²) in [4.78, 5) is 73.0. The van der Waals surface area contributed by atoms with Crippen LogP contribution in [0.25, 0.3) is 0 Å². The number of rotatable bonds is 15. The molecule has 51 heavy (non-hydrogen) atoms. The molecule has 1 aliphatic carbocycles. The minimum Gasteiger partial charge on any atom is -0.480 e. The summed E-state index contributed by atoms with van der Waals surface area (Å²) in [6, 6.07) is 10.0. The van der Waals surface area contributed by atoms with Crippen LogP contribution < -0.4 is 31.3 Å². The molecule has 270 valence electrons. The molecule has 3 amide bonds. The zero-order chi connectivity index (χ0) is 36.8. The number of Topliss-reactive ketones (excluding diaryl/α,β-unsaturated/α-hetero) is 1. The smallest absolute Gasteiger partial charge is 0.422 e. The molecule has 1 unspecified atom stereocenters. The van der Waals surface area contributed by atoms with Gasteiger partial charge >= 0.3 is 18.2 Å². The highest BCUT2D eigenvalue weighted by atomic mass is 35.5. The Bertz CT molecular complexity index is 1790. The topological polar surface area (TPSA) is 214 Å². The third-order valence-electron chi connectivity index (χ3n) is 7.98. The molecule has 1 saturated heterocycles. The highest BCUT2D eigenvalue weighted by Crippen LogP contribution is 2.48. The van der Waals surface area contributed by atoms with E-state index in [1.54, 1.807) is 12.1 Å². The first kappa shape index (κ1) is 36.8. The van der Waals surface area contributed by atoms with Crippen LogP contribution in [-0.2, 0) is 24.7 Å². The van der Waals surface area contributed by atoms with Crippen molar-refractivity contribution in [3.63, 3.8) is 0 Å². The van der Waals surface area contributed by atoms with E-state index in [-0.39, 0.29) is 36.2 Å². The number of halogens is 4. The van der Waals surface area contributed by atoms with Crippen molar-refractivity contribution >= 4 is 58.7 Å². The normalized spacial score (nSPS) is 16.9. The monoisotopic (exact) mass is 732 g/mol. The van der Waals surface area contributed by atoms with E-state index in [2.05, 4.69) is 41.5 Å². The zero-order valence-corrected chi connectivity index (χ0v) is 27.4. The molecule has 3 aromatic rings. The molecule has 2 heterocycles. The van der Waals surface area contributed by atoms with Crippen LogP contribution in [-0.4, -0.2) is 80.9 Å². The van der Waals surface area contributed by atoms with Gasteiger partial charge in [-0.2, -0.15) is 28.1 Å². The van der Waals surface area contributed by atoms with Crippen LogP contribution >= 0.6 is 11.6 Å². The van der Waals surface area contributed by atoms with Crippen LogP contribution in [0.15, 0.2) is 48.5 Å². The maximum absolute atomic E-state index is 12.9. The molecule has 5 rings (SSSR count). The quantitative estimate of drug-likeness (QED) is 0.124. The maximum atomic E-state index is 12.9. The SMILES string of the molecule is O=C1CC(NC(=O)C(=O)CC[C@H](NC(=O)c2ccc(Nc3nc(NC4(c5ccc(Cl)cc5)CC4)nc(OCC(F)(F)F)n3)cc2)C(=O)O)CCN1. The molecule has 2 fully saturated rings. The Morgan fingerprint density at radius 3 is 2.33 bits per heavy atom. The van der Waals surface area contributed by atoms with Gasteiger partial charge < -0.3 is 36.4 Å². The number of benzene rings is 2. The van der Waals surface area contributed by atoms with Gasteiger partial charge in [0.25, 0.3) is 11.8 Å². The van der Waals surface area contributed by atoms with Crippen LogP contribution in [0.5, 0.6) is 6.01 Å². The molecule has 2 aliphatic rings. The summed E-state index contributed by atoms with van der Waals surface area (Å²) in [5.74, 6) is -4.52. The first-order valence-electron chi connectivity index (χ1n) is 15.7. The summed E-state index contributed by atoms with van der Waals surface area (Å²) >= 11 is 6.01. The number of aliphatic carboxylic acids is 1. The van der Waals surface area contributed by atoms with E-state index in [0.29, 0.717) is 36.5 Å². The van der Waals surface area contributed by atoms with Crippen LogP contribution in [0, 0.1) is 0 Å². The van der Waals surface area contributed by atoms with Gasteiger partial charge in [-0.25, -0.2) is 4.79 Å². The molecule has 0 bridgehead atoms. The summed E-state index contributed by atoms with van der Waals surface area (Å²) in [5.41, 5.74) is 0.659. The molecule has 2 aromatic carbocycles. The van der Waals surface area contributed by atoms with Crippen molar-refractivity contribution in [2.24, 2.45) is 0 Å². The molecule has 15 nitrogen and oxygen atoms in total. The van der Waals surface area contributed by atoms with Crippen LogP contribution in [0.4, 0.5) is 30.8 Å². The third kappa shape index (κ3) is 10.5. The van der Waals surface area contributed by atoms with Crippen molar-refractivity contribution < 1.29 is 47.0 Å². The number of anilines is 3. The molecule has 19 heteroatoms. The lowest BCUT2D eigenvalue weighted by atomic mass is 10.0. The van der Waals surface area contributed by atoms with Gasteiger partial charge in [0, 0.05) is 41.7 Å². The summed E-state index contributed by atoms with van der Waals surface area (Å²) in [7, 11) is 0. The lowest BCUT2D eigenvalue weighted by Crippen LogP contribution is -2.47. The van der Waals surface area contributed by atoms with E-state index in [4.69, 9.17) is 16.3 Å². The second-order valence-corrected chi connectivity index (χ2v) is 12.4. The maximum Gasteiger partial charge on any atom is 0.422 e. The predicted octanol–water partition coefficient (Wildman–Crippen LogP) is 3.24. The number of alkyl halides is 3. The Labute approximate surface area is 293 Å². The van der Waals surface area contributed by atoms with Crippen molar-refractivity contribution in [2.75, 3.05) is 23.8 Å². The summed E-state index contributed by atoms with van der Waals surface area (Å²) < 4.78 is 43.5. The number of nitrogens with one attached hydrogen (secondary N) is 5. The highest BCUT2D eigenvalue weighted by molar-refractivity contribution is 6.36. The van der Waals surface area contributed by atoms with Gasteiger partial charge in [-0.05, 0) is 67.6 Å². The van der Waals surface area contributed by atoms with Gasteiger partial charge in [0.15, 0.2) is 6.61 Å². The van der Waals surface area contributed by atoms with Crippen molar-refractivity contribution in [2.45, 2.75) is 62.3 Å². The molecule has 0 spiro atoms. The molecular formula is C32H32ClF3N8O7.